The second kappa shape index (κ2) is 6.94. The van der Waals surface area contributed by atoms with Gasteiger partial charge in [-0.05, 0) is 53.2 Å². The maximum atomic E-state index is 11.9. The maximum absolute atomic E-state index is 11.9. The lowest BCUT2D eigenvalue weighted by Gasteiger charge is -2.08. The standard InChI is InChI=1S/C14H14BrN3O3/c1-2-16-14(20)18-10-5-3-4-9(8-10)17-13(19)11-6-7-12(15)21-11/h3-8H,2H2,1H3,(H,17,19)(H2,16,18,20). The lowest BCUT2D eigenvalue weighted by molar-refractivity contribution is 0.0995. The van der Waals surface area contributed by atoms with Gasteiger partial charge in [-0.2, -0.15) is 0 Å². The van der Waals surface area contributed by atoms with E-state index in [1.165, 1.54) is 0 Å². The Morgan fingerprint density at radius 1 is 1.14 bits per heavy atom. The van der Waals surface area contributed by atoms with Crippen LogP contribution >= 0.6 is 15.9 Å². The molecule has 0 unspecified atom stereocenters. The molecule has 0 saturated heterocycles. The average Bonchev–Trinajstić information content (AvgIpc) is 2.86. The lowest BCUT2D eigenvalue weighted by Crippen LogP contribution is -2.28. The van der Waals surface area contributed by atoms with Crippen molar-refractivity contribution in [3.8, 4) is 0 Å². The third-order valence-corrected chi connectivity index (χ3v) is 2.94. The zero-order valence-corrected chi connectivity index (χ0v) is 12.9. The first-order valence-corrected chi connectivity index (χ1v) is 7.09. The molecule has 0 spiro atoms. The Morgan fingerprint density at radius 2 is 1.86 bits per heavy atom. The number of hydrogen-bond donors (Lipinski definition) is 3. The first kappa shape index (κ1) is 15.1. The molecule has 2 rings (SSSR count). The van der Waals surface area contributed by atoms with Crippen LogP contribution in [0.25, 0.3) is 0 Å². The molecule has 21 heavy (non-hydrogen) atoms. The molecule has 0 atom stereocenters. The monoisotopic (exact) mass is 351 g/mol. The van der Waals surface area contributed by atoms with E-state index in [2.05, 4.69) is 31.9 Å². The predicted molar refractivity (Wildman–Crippen MR) is 83.5 cm³/mol. The smallest absolute Gasteiger partial charge is 0.319 e. The summed E-state index contributed by atoms with van der Waals surface area (Å²) in [6.07, 6.45) is 0. The van der Waals surface area contributed by atoms with Crippen LogP contribution in [0.15, 0.2) is 45.5 Å². The SMILES string of the molecule is CCNC(=O)Nc1cccc(NC(=O)c2ccc(Br)o2)c1. The molecule has 0 aliphatic heterocycles. The zero-order valence-electron chi connectivity index (χ0n) is 11.3. The maximum Gasteiger partial charge on any atom is 0.319 e. The van der Waals surface area contributed by atoms with Crippen LogP contribution in [0.2, 0.25) is 0 Å². The van der Waals surface area contributed by atoms with Crippen molar-refractivity contribution in [3.05, 3.63) is 46.8 Å². The van der Waals surface area contributed by atoms with E-state index in [0.717, 1.165) is 0 Å². The highest BCUT2D eigenvalue weighted by molar-refractivity contribution is 9.10. The molecule has 0 aliphatic carbocycles. The van der Waals surface area contributed by atoms with E-state index in [1.54, 1.807) is 36.4 Å². The number of anilines is 2. The minimum Gasteiger partial charge on any atom is -0.444 e. The summed E-state index contributed by atoms with van der Waals surface area (Å²) >= 11 is 3.14. The molecule has 0 saturated carbocycles. The number of halogens is 1. The van der Waals surface area contributed by atoms with Crippen molar-refractivity contribution in [3.63, 3.8) is 0 Å². The summed E-state index contributed by atoms with van der Waals surface area (Å²) in [5, 5.41) is 7.99. The molecule has 2 aromatic rings. The van der Waals surface area contributed by atoms with Crippen molar-refractivity contribution in [1.82, 2.24) is 5.32 Å². The fourth-order valence-electron chi connectivity index (χ4n) is 1.64. The Kier molecular flexibility index (Phi) is 4.99. The largest absolute Gasteiger partial charge is 0.444 e. The molecular formula is C14H14BrN3O3. The van der Waals surface area contributed by atoms with Crippen LogP contribution in [0.3, 0.4) is 0 Å². The highest BCUT2D eigenvalue weighted by atomic mass is 79.9. The minimum absolute atomic E-state index is 0.198. The Bertz CT molecular complexity index is 654. The molecule has 1 heterocycles. The fraction of sp³-hybridized carbons (Fsp3) is 0.143. The van der Waals surface area contributed by atoms with E-state index < -0.39 is 0 Å². The molecule has 1 aromatic heterocycles. The molecule has 6 nitrogen and oxygen atoms in total. The number of hydrogen-bond acceptors (Lipinski definition) is 3. The molecule has 0 bridgehead atoms. The van der Waals surface area contributed by atoms with Crippen LogP contribution in [0.1, 0.15) is 17.5 Å². The van der Waals surface area contributed by atoms with E-state index in [4.69, 9.17) is 4.42 Å². The summed E-state index contributed by atoms with van der Waals surface area (Å²) in [6, 6.07) is 9.75. The van der Waals surface area contributed by atoms with E-state index in [1.807, 2.05) is 6.92 Å². The van der Waals surface area contributed by atoms with Crippen LogP contribution in [0.4, 0.5) is 16.2 Å². The second-order valence-corrected chi connectivity index (χ2v) is 4.90. The molecule has 1 aromatic carbocycles. The lowest BCUT2D eigenvalue weighted by atomic mass is 10.2. The molecule has 0 radical (unpaired) electrons. The summed E-state index contributed by atoms with van der Waals surface area (Å²) in [6.45, 7) is 2.37. The van der Waals surface area contributed by atoms with E-state index in [0.29, 0.717) is 22.6 Å². The van der Waals surface area contributed by atoms with Crippen LogP contribution in [-0.4, -0.2) is 18.5 Å². The number of carbonyl (C=O) groups is 2. The minimum atomic E-state index is -0.365. The van der Waals surface area contributed by atoms with Gasteiger partial charge in [0.15, 0.2) is 10.4 Å². The van der Waals surface area contributed by atoms with E-state index in [-0.39, 0.29) is 17.7 Å². The summed E-state index contributed by atoms with van der Waals surface area (Å²) in [4.78, 5) is 23.4. The number of nitrogens with one attached hydrogen (secondary N) is 3. The summed E-state index contributed by atoms with van der Waals surface area (Å²) < 4.78 is 5.65. The summed E-state index contributed by atoms with van der Waals surface area (Å²) in [5.41, 5.74) is 1.14. The van der Waals surface area contributed by atoms with Gasteiger partial charge in [-0.25, -0.2) is 4.79 Å². The molecule has 3 amide bonds. The number of amides is 3. The van der Waals surface area contributed by atoms with Crippen LogP contribution < -0.4 is 16.0 Å². The average molecular weight is 352 g/mol. The summed E-state index contributed by atoms with van der Waals surface area (Å²) in [7, 11) is 0. The van der Waals surface area contributed by atoms with Crippen molar-refractivity contribution in [2.24, 2.45) is 0 Å². The Hall–Kier alpha value is -2.28. The first-order chi connectivity index (χ1) is 10.1. The van der Waals surface area contributed by atoms with Crippen LogP contribution in [-0.2, 0) is 0 Å². The number of urea groups is 1. The molecule has 7 heteroatoms. The van der Waals surface area contributed by atoms with E-state index in [9.17, 15) is 9.59 Å². The van der Waals surface area contributed by atoms with Gasteiger partial charge in [-0.3, -0.25) is 4.79 Å². The zero-order chi connectivity index (χ0) is 15.2. The molecule has 0 aliphatic rings. The Morgan fingerprint density at radius 3 is 2.48 bits per heavy atom. The van der Waals surface area contributed by atoms with Crippen molar-refractivity contribution >= 4 is 39.2 Å². The normalized spacial score (nSPS) is 10.0. The number of furan rings is 1. The molecule has 110 valence electrons. The van der Waals surface area contributed by atoms with E-state index >= 15 is 0 Å². The first-order valence-electron chi connectivity index (χ1n) is 6.30. The highest BCUT2D eigenvalue weighted by Gasteiger charge is 2.11. The van der Waals surface area contributed by atoms with Gasteiger partial charge in [-0.1, -0.05) is 6.07 Å². The van der Waals surface area contributed by atoms with Gasteiger partial charge in [0.05, 0.1) is 0 Å². The van der Waals surface area contributed by atoms with Gasteiger partial charge in [0.1, 0.15) is 0 Å². The van der Waals surface area contributed by atoms with Crippen LogP contribution in [0.5, 0.6) is 0 Å². The van der Waals surface area contributed by atoms with Crippen molar-refractivity contribution in [2.75, 3.05) is 17.2 Å². The number of benzene rings is 1. The van der Waals surface area contributed by atoms with Gasteiger partial charge in [0.2, 0.25) is 0 Å². The van der Waals surface area contributed by atoms with Crippen molar-refractivity contribution in [1.29, 1.82) is 0 Å². The van der Waals surface area contributed by atoms with Gasteiger partial charge in [0.25, 0.3) is 5.91 Å². The highest BCUT2D eigenvalue weighted by Crippen LogP contribution is 2.18. The Labute approximate surface area is 130 Å². The third kappa shape index (κ3) is 4.35. The Balaban J connectivity index is 2.04. The number of carbonyl (C=O) groups excluding carboxylic acids is 2. The van der Waals surface area contributed by atoms with Gasteiger partial charge >= 0.3 is 6.03 Å². The summed E-state index contributed by atoms with van der Waals surface area (Å²) in [5.74, 6) is -0.167. The van der Waals surface area contributed by atoms with Crippen molar-refractivity contribution in [2.45, 2.75) is 6.92 Å². The fourth-order valence-corrected chi connectivity index (χ4v) is 1.95. The molecular weight excluding hydrogens is 338 g/mol. The molecule has 0 fully saturated rings. The number of rotatable bonds is 4. The van der Waals surface area contributed by atoms with Crippen molar-refractivity contribution < 1.29 is 14.0 Å². The van der Waals surface area contributed by atoms with Gasteiger partial charge in [-0.15, -0.1) is 0 Å². The topological polar surface area (TPSA) is 83.4 Å². The van der Waals surface area contributed by atoms with Gasteiger partial charge in [0, 0.05) is 17.9 Å². The van der Waals surface area contributed by atoms with Gasteiger partial charge < -0.3 is 20.4 Å². The second-order valence-electron chi connectivity index (χ2n) is 4.12. The predicted octanol–water partition coefficient (Wildman–Crippen LogP) is 3.44. The molecule has 3 N–H and O–H groups in total. The quantitative estimate of drug-likeness (QED) is 0.788. The van der Waals surface area contributed by atoms with Crippen LogP contribution in [0, 0.1) is 0 Å². The third-order valence-electron chi connectivity index (χ3n) is 2.51.